The summed E-state index contributed by atoms with van der Waals surface area (Å²) >= 11 is 1.36. The molecule has 0 saturated carbocycles. The summed E-state index contributed by atoms with van der Waals surface area (Å²) in [7, 11) is 0. The Hall–Kier alpha value is -4.87. The van der Waals surface area contributed by atoms with Crippen LogP contribution in [-0.4, -0.2) is 40.2 Å². The second-order valence-corrected chi connectivity index (χ2v) is 11.0. The molecule has 0 aliphatic rings. The van der Waals surface area contributed by atoms with Crippen LogP contribution in [0.25, 0.3) is 16.1 Å². The lowest BCUT2D eigenvalue weighted by molar-refractivity contribution is -0.153. The first-order chi connectivity index (χ1) is 20.3. The highest BCUT2D eigenvalue weighted by atomic mass is 32.1. The minimum atomic E-state index is -0.531. The molecular formula is C31H32N8O2S. The minimum absolute atomic E-state index is 0.00103. The van der Waals surface area contributed by atoms with Gasteiger partial charge in [0, 0.05) is 12.1 Å². The van der Waals surface area contributed by atoms with Gasteiger partial charge >= 0.3 is 11.9 Å². The zero-order valence-electron chi connectivity index (χ0n) is 24.1. The van der Waals surface area contributed by atoms with E-state index < -0.39 is 5.41 Å². The fourth-order valence-electron chi connectivity index (χ4n) is 3.96. The van der Waals surface area contributed by atoms with E-state index in [1.165, 1.54) is 11.3 Å². The van der Waals surface area contributed by atoms with Crippen molar-refractivity contribution >= 4 is 39.2 Å². The van der Waals surface area contributed by atoms with Gasteiger partial charge in [0.15, 0.2) is 15.8 Å². The molecule has 2 aromatic heterocycles. The average Bonchev–Trinajstić information content (AvgIpc) is 3.59. The van der Waals surface area contributed by atoms with Gasteiger partial charge in [-0.25, -0.2) is 4.98 Å². The second-order valence-electron chi connectivity index (χ2n) is 10.0. The predicted octanol–water partition coefficient (Wildman–Crippen LogP) is 7.70. The van der Waals surface area contributed by atoms with Crippen molar-refractivity contribution in [3.8, 4) is 17.3 Å². The average molecular weight is 581 g/mol. The number of nitriles is 1. The third-order valence-corrected chi connectivity index (χ3v) is 7.87. The number of carbonyl (C=O) groups is 1. The fourth-order valence-corrected chi connectivity index (χ4v) is 4.97. The highest BCUT2D eigenvalue weighted by molar-refractivity contribution is 7.19. The summed E-state index contributed by atoms with van der Waals surface area (Å²) in [6.07, 6.45) is 0.696. The number of anilines is 1. The molecule has 0 bridgehead atoms. The van der Waals surface area contributed by atoms with E-state index in [0.29, 0.717) is 41.9 Å². The Morgan fingerprint density at radius 1 is 1.12 bits per heavy atom. The maximum Gasteiger partial charge on any atom is 0.324 e. The van der Waals surface area contributed by atoms with Crippen LogP contribution in [0.2, 0.25) is 0 Å². The zero-order valence-corrected chi connectivity index (χ0v) is 24.9. The fraction of sp³-hybridized carbons (Fsp3) is 0.323. The Labute approximate surface area is 249 Å². The van der Waals surface area contributed by atoms with Crippen molar-refractivity contribution in [3.63, 3.8) is 0 Å². The number of carbonyl (C=O) groups excluding carboxylic acids is 1. The third-order valence-electron chi connectivity index (χ3n) is 6.87. The molecule has 0 amide bonds. The molecule has 0 atom stereocenters. The monoisotopic (exact) mass is 580 g/mol. The summed E-state index contributed by atoms with van der Waals surface area (Å²) < 4.78 is 7.16. The van der Waals surface area contributed by atoms with Gasteiger partial charge in [-0.1, -0.05) is 90.6 Å². The van der Waals surface area contributed by atoms with Crippen molar-refractivity contribution in [1.29, 1.82) is 5.26 Å². The number of esters is 1. The third kappa shape index (κ3) is 6.88. The number of aromatic nitrogens is 3. The van der Waals surface area contributed by atoms with E-state index in [0.717, 1.165) is 11.1 Å². The number of azo groups is 1. The molecule has 214 valence electrons. The van der Waals surface area contributed by atoms with Crippen molar-refractivity contribution in [1.82, 2.24) is 14.5 Å². The molecular weight excluding hydrogens is 548 g/mol. The summed E-state index contributed by atoms with van der Waals surface area (Å²) in [6, 6.07) is 21.3. The first-order valence-electron chi connectivity index (χ1n) is 13.6. The van der Waals surface area contributed by atoms with Crippen molar-refractivity contribution in [3.05, 3.63) is 83.3 Å². The van der Waals surface area contributed by atoms with Crippen LogP contribution in [0.3, 0.4) is 0 Å². The van der Waals surface area contributed by atoms with E-state index in [1.54, 1.807) is 4.57 Å². The van der Waals surface area contributed by atoms with Gasteiger partial charge < -0.3 is 14.5 Å². The van der Waals surface area contributed by atoms with Gasteiger partial charge in [0.05, 0.1) is 12.0 Å². The highest BCUT2D eigenvalue weighted by Crippen LogP contribution is 2.41. The van der Waals surface area contributed by atoms with Gasteiger partial charge in [0.2, 0.25) is 0 Å². The second kappa shape index (κ2) is 13.7. The van der Waals surface area contributed by atoms with E-state index in [9.17, 15) is 10.1 Å². The molecule has 42 heavy (non-hydrogen) atoms. The topological polar surface area (TPSA) is 113 Å². The maximum atomic E-state index is 12.4. The highest BCUT2D eigenvalue weighted by Gasteiger charge is 2.27. The Morgan fingerprint density at radius 2 is 1.81 bits per heavy atom. The number of nitrogens with zero attached hydrogens (tertiary/aromatic N) is 8. The normalized spacial score (nSPS) is 11.3. The molecule has 0 saturated heterocycles. The number of thiazole rings is 1. The van der Waals surface area contributed by atoms with Crippen molar-refractivity contribution in [2.24, 2.45) is 15.6 Å². The number of benzene rings is 2. The summed E-state index contributed by atoms with van der Waals surface area (Å²) in [5.74, 6) is 0.0517. The van der Waals surface area contributed by atoms with Gasteiger partial charge in [0.25, 0.3) is 5.82 Å². The summed E-state index contributed by atoms with van der Waals surface area (Å²) in [5, 5.41) is 19.8. The van der Waals surface area contributed by atoms with Crippen LogP contribution in [0.5, 0.6) is 0 Å². The van der Waals surface area contributed by atoms with Crippen LogP contribution in [0.15, 0.2) is 70.9 Å². The summed E-state index contributed by atoms with van der Waals surface area (Å²) in [4.78, 5) is 27.2. The largest absolute Gasteiger partial charge is 0.463 e. The number of ether oxygens (including phenoxy) is 1. The van der Waals surface area contributed by atoms with E-state index in [4.69, 9.17) is 16.3 Å². The van der Waals surface area contributed by atoms with Gasteiger partial charge in [-0.05, 0) is 32.8 Å². The SMILES string of the molecule is [C-]#[N+]c1c(C#N)nc(N=Nc2sc(N(CC)CCOC(=O)C(C)(C)CC)nc2-c2ccccc2)n1Cc1ccccc1. The van der Waals surface area contributed by atoms with Crippen molar-refractivity contribution in [2.45, 2.75) is 40.7 Å². The molecule has 11 heteroatoms. The molecule has 0 radical (unpaired) electrons. The van der Waals surface area contributed by atoms with E-state index in [1.807, 2.05) is 99.3 Å². The smallest absolute Gasteiger partial charge is 0.324 e. The van der Waals surface area contributed by atoms with Gasteiger partial charge in [-0.15, -0.1) is 5.11 Å². The first-order valence-corrected chi connectivity index (χ1v) is 14.4. The first kappa shape index (κ1) is 30.1. The Morgan fingerprint density at radius 3 is 2.43 bits per heavy atom. The van der Waals surface area contributed by atoms with Crippen LogP contribution in [0.1, 0.15) is 45.4 Å². The standard InChI is InChI=1S/C31H32N8O2S/c1-6-31(3,4)28(40)41-19-18-38(7-2)30-35-25(23-16-12-9-13-17-23)27(42-30)36-37-29-34-24(20-32)26(33-5)39(29)21-22-14-10-8-11-15-22/h8-17H,6-7,18-19,21H2,1-4H3. The van der Waals surface area contributed by atoms with Crippen molar-refractivity contribution in [2.75, 3.05) is 24.6 Å². The van der Waals surface area contributed by atoms with Crippen LogP contribution < -0.4 is 4.90 Å². The van der Waals surface area contributed by atoms with Gasteiger partial charge in [-0.3, -0.25) is 9.36 Å². The molecule has 0 unspecified atom stereocenters. The number of hydrogen-bond donors (Lipinski definition) is 0. The van der Waals surface area contributed by atoms with Crippen LogP contribution in [0, 0.1) is 23.3 Å². The van der Waals surface area contributed by atoms with E-state index in [2.05, 4.69) is 20.1 Å². The molecule has 4 rings (SSSR count). The van der Waals surface area contributed by atoms with E-state index in [-0.39, 0.29) is 30.0 Å². The molecule has 0 aliphatic heterocycles. The number of hydrogen-bond acceptors (Lipinski definition) is 9. The molecule has 0 aliphatic carbocycles. The molecule has 0 N–H and O–H groups in total. The molecule has 10 nitrogen and oxygen atoms in total. The molecule has 2 heterocycles. The van der Waals surface area contributed by atoms with Gasteiger partial charge in [-0.2, -0.15) is 10.2 Å². The number of likely N-dealkylation sites (N-methyl/N-ethyl adjacent to an activating group) is 1. The zero-order chi connectivity index (χ0) is 30.1. The van der Waals surface area contributed by atoms with Crippen LogP contribution >= 0.6 is 11.3 Å². The maximum absolute atomic E-state index is 12.4. The number of imidazole rings is 1. The molecule has 0 fully saturated rings. The van der Waals surface area contributed by atoms with Crippen LogP contribution in [0.4, 0.5) is 21.9 Å². The Kier molecular flexibility index (Phi) is 9.79. The van der Waals surface area contributed by atoms with Crippen LogP contribution in [-0.2, 0) is 16.1 Å². The Balaban J connectivity index is 1.67. The minimum Gasteiger partial charge on any atom is -0.463 e. The van der Waals surface area contributed by atoms with E-state index >= 15 is 0 Å². The number of rotatable bonds is 12. The lowest BCUT2D eigenvalue weighted by atomic mass is 9.91. The van der Waals surface area contributed by atoms with Gasteiger partial charge in [0.1, 0.15) is 24.9 Å². The van der Waals surface area contributed by atoms with Crippen molar-refractivity contribution < 1.29 is 9.53 Å². The predicted molar refractivity (Wildman–Crippen MR) is 163 cm³/mol. The summed E-state index contributed by atoms with van der Waals surface area (Å²) in [6.45, 7) is 17.1. The molecule has 4 aromatic rings. The molecule has 0 spiro atoms. The lowest BCUT2D eigenvalue weighted by Crippen LogP contribution is -2.31. The Bertz CT molecular complexity index is 1630. The lowest BCUT2D eigenvalue weighted by Gasteiger charge is -2.23. The summed E-state index contributed by atoms with van der Waals surface area (Å²) in [5.41, 5.74) is 1.92. The quantitative estimate of drug-likeness (QED) is 0.0964. The molecule has 2 aromatic carbocycles.